The summed E-state index contributed by atoms with van der Waals surface area (Å²) < 4.78 is 2.97. The van der Waals surface area contributed by atoms with E-state index < -0.39 is 0 Å². The van der Waals surface area contributed by atoms with Gasteiger partial charge in [-0.05, 0) is 33.8 Å². The molecule has 0 spiro atoms. The molecule has 0 bridgehead atoms. The third kappa shape index (κ3) is 3.73. The molecule has 0 saturated heterocycles. The lowest BCUT2D eigenvalue weighted by Crippen LogP contribution is -2.22. The van der Waals surface area contributed by atoms with Crippen LogP contribution in [0.5, 0.6) is 0 Å². The predicted octanol–water partition coefficient (Wildman–Crippen LogP) is 2.54. The Kier molecular flexibility index (Phi) is 4.56. The summed E-state index contributed by atoms with van der Waals surface area (Å²) in [4.78, 5) is 1.44. The van der Waals surface area contributed by atoms with Crippen LogP contribution in [0.25, 0.3) is 0 Å². The summed E-state index contributed by atoms with van der Waals surface area (Å²) >= 11 is 5.20. The SMILES string of the molecule is Brc1cnn(CCNCCc2cccs2)c1. The van der Waals surface area contributed by atoms with Gasteiger partial charge in [-0.2, -0.15) is 5.10 Å². The maximum atomic E-state index is 4.20. The van der Waals surface area contributed by atoms with Crippen LogP contribution in [0.15, 0.2) is 34.4 Å². The van der Waals surface area contributed by atoms with Crippen molar-refractivity contribution in [2.45, 2.75) is 13.0 Å². The summed E-state index contributed by atoms with van der Waals surface area (Å²) in [6.45, 7) is 2.90. The van der Waals surface area contributed by atoms with Crippen molar-refractivity contribution < 1.29 is 0 Å². The molecule has 2 rings (SSSR count). The highest BCUT2D eigenvalue weighted by atomic mass is 79.9. The predicted molar refractivity (Wildman–Crippen MR) is 70.8 cm³/mol. The van der Waals surface area contributed by atoms with E-state index in [1.54, 1.807) is 0 Å². The zero-order valence-corrected chi connectivity index (χ0v) is 11.3. The third-order valence-corrected chi connectivity index (χ3v) is 3.59. The summed E-state index contributed by atoms with van der Waals surface area (Å²) in [5.41, 5.74) is 0. The molecule has 2 aromatic heterocycles. The lowest BCUT2D eigenvalue weighted by Gasteiger charge is -2.03. The van der Waals surface area contributed by atoms with Gasteiger partial charge in [0, 0.05) is 24.2 Å². The Morgan fingerprint density at radius 2 is 2.38 bits per heavy atom. The first-order valence-corrected chi connectivity index (χ1v) is 6.93. The van der Waals surface area contributed by atoms with Gasteiger partial charge in [-0.3, -0.25) is 4.68 Å². The molecule has 1 N–H and O–H groups in total. The number of hydrogen-bond acceptors (Lipinski definition) is 3. The van der Waals surface area contributed by atoms with Gasteiger partial charge in [-0.25, -0.2) is 0 Å². The maximum absolute atomic E-state index is 4.20. The van der Waals surface area contributed by atoms with E-state index in [0.29, 0.717) is 0 Å². The zero-order chi connectivity index (χ0) is 11.2. The second kappa shape index (κ2) is 6.18. The molecule has 5 heteroatoms. The number of hydrogen-bond donors (Lipinski definition) is 1. The second-order valence-electron chi connectivity index (χ2n) is 3.50. The fourth-order valence-corrected chi connectivity index (χ4v) is 2.48. The largest absolute Gasteiger partial charge is 0.315 e. The van der Waals surface area contributed by atoms with Crippen molar-refractivity contribution >= 4 is 27.3 Å². The van der Waals surface area contributed by atoms with Crippen LogP contribution in [-0.2, 0) is 13.0 Å². The topological polar surface area (TPSA) is 29.9 Å². The van der Waals surface area contributed by atoms with Crippen LogP contribution >= 0.6 is 27.3 Å². The minimum Gasteiger partial charge on any atom is -0.315 e. The minimum absolute atomic E-state index is 0.913. The van der Waals surface area contributed by atoms with Gasteiger partial charge in [0.05, 0.1) is 17.2 Å². The molecule has 0 atom stereocenters. The lowest BCUT2D eigenvalue weighted by molar-refractivity contribution is 0.557. The van der Waals surface area contributed by atoms with Gasteiger partial charge in [-0.1, -0.05) is 6.07 Å². The molecule has 2 heterocycles. The lowest BCUT2D eigenvalue weighted by atomic mass is 10.3. The molecular formula is C11H14BrN3S. The van der Waals surface area contributed by atoms with Gasteiger partial charge in [0.25, 0.3) is 0 Å². The fourth-order valence-electron chi connectivity index (χ4n) is 1.45. The van der Waals surface area contributed by atoms with Crippen LogP contribution in [0.4, 0.5) is 0 Å². The number of halogens is 1. The highest BCUT2D eigenvalue weighted by Gasteiger charge is 1.95. The van der Waals surface area contributed by atoms with E-state index in [4.69, 9.17) is 0 Å². The average Bonchev–Trinajstić information content (AvgIpc) is 2.89. The summed E-state index contributed by atoms with van der Waals surface area (Å²) in [5.74, 6) is 0. The van der Waals surface area contributed by atoms with Crippen molar-refractivity contribution in [3.05, 3.63) is 39.3 Å². The third-order valence-electron chi connectivity index (χ3n) is 2.25. The molecule has 0 fully saturated rings. The molecule has 0 aliphatic heterocycles. The number of aromatic nitrogens is 2. The van der Waals surface area contributed by atoms with Gasteiger partial charge in [-0.15, -0.1) is 11.3 Å². The van der Waals surface area contributed by atoms with E-state index >= 15 is 0 Å². The first kappa shape index (κ1) is 11.8. The summed E-state index contributed by atoms with van der Waals surface area (Å²) in [5, 5.41) is 9.73. The summed E-state index contributed by atoms with van der Waals surface area (Å²) in [7, 11) is 0. The molecule has 0 saturated carbocycles. The van der Waals surface area contributed by atoms with Crippen LogP contribution < -0.4 is 5.32 Å². The van der Waals surface area contributed by atoms with Gasteiger partial charge in [0.2, 0.25) is 0 Å². The van der Waals surface area contributed by atoms with Crippen LogP contribution in [0, 0.1) is 0 Å². The molecular weight excluding hydrogens is 286 g/mol. The smallest absolute Gasteiger partial charge is 0.0632 e. The number of nitrogens with zero attached hydrogens (tertiary/aromatic N) is 2. The van der Waals surface area contributed by atoms with Crippen molar-refractivity contribution in [1.82, 2.24) is 15.1 Å². The van der Waals surface area contributed by atoms with E-state index in [1.807, 2.05) is 28.4 Å². The van der Waals surface area contributed by atoms with Gasteiger partial charge in [0.1, 0.15) is 0 Å². The molecule has 0 amide bonds. The number of nitrogens with one attached hydrogen (secondary N) is 1. The molecule has 3 nitrogen and oxygen atoms in total. The quantitative estimate of drug-likeness (QED) is 0.831. The Morgan fingerprint density at radius 1 is 1.44 bits per heavy atom. The first-order chi connectivity index (χ1) is 7.84. The van der Waals surface area contributed by atoms with Crippen LogP contribution in [-0.4, -0.2) is 22.9 Å². The van der Waals surface area contributed by atoms with E-state index in [9.17, 15) is 0 Å². The van der Waals surface area contributed by atoms with Crippen LogP contribution in [0.2, 0.25) is 0 Å². The minimum atomic E-state index is 0.913. The Labute approximate surface area is 108 Å². The van der Waals surface area contributed by atoms with Gasteiger partial charge >= 0.3 is 0 Å². The summed E-state index contributed by atoms with van der Waals surface area (Å²) in [6, 6.07) is 4.28. The normalized spacial score (nSPS) is 10.8. The second-order valence-corrected chi connectivity index (χ2v) is 5.45. The van der Waals surface area contributed by atoms with Crippen molar-refractivity contribution in [1.29, 1.82) is 0 Å². The van der Waals surface area contributed by atoms with E-state index in [2.05, 4.69) is 43.9 Å². The van der Waals surface area contributed by atoms with E-state index in [0.717, 1.165) is 30.5 Å². The molecule has 0 radical (unpaired) electrons. The summed E-state index contributed by atoms with van der Waals surface area (Å²) in [6.07, 6.45) is 4.91. The van der Waals surface area contributed by atoms with Crippen molar-refractivity contribution in [3.63, 3.8) is 0 Å². The monoisotopic (exact) mass is 299 g/mol. The molecule has 0 aliphatic carbocycles. The standard InChI is InChI=1S/C11H14BrN3S/c12-10-8-14-15(9-10)6-5-13-4-3-11-2-1-7-16-11/h1-2,7-9,13H,3-6H2. The number of thiophene rings is 1. The highest BCUT2D eigenvalue weighted by Crippen LogP contribution is 2.08. The molecule has 86 valence electrons. The highest BCUT2D eigenvalue weighted by molar-refractivity contribution is 9.10. The van der Waals surface area contributed by atoms with Crippen LogP contribution in [0.1, 0.15) is 4.88 Å². The zero-order valence-electron chi connectivity index (χ0n) is 8.90. The van der Waals surface area contributed by atoms with Crippen molar-refractivity contribution in [2.75, 3.05) is 13.1 Å². The van der Waals surface area contributed by atoms with Crippen molar-refractivity contribution in [3.8, 4) is 0 Å². The molecule has 0 aromatic carbocycles. The molecule has 0 unspecified atom stereocenters. The molecule has 2 aromatic rings. The Morgan fingerprint density at radius 3 is 3.06 bits per heavy atom. The van der Waals surface area contributed by atoms with E-state index in [-0.39, 0.29) is 0 Å². The van der Waals surface area contributed by atoms with Gasteiger partial charge < -0.3 is 5.32 Å². The first-order valence-electron chi connectivity index (χ1n) is 5.25. The van der Waals surface area contributed by atoms with Crippen LogP contribution in [0.3, 0.4) is 0 Å². The van der Waals surface area contributed by atoms with Crippen molar-refractivity contribution in [2.24, 2.45) is 0 Å². The maximum Gasteiger partial charge on any atom is 0.0632 e. The Hall–Kier alpha value is -0.650. The number of rotatable bonds is 6. The average molecular weight is 300 g/mol. The Balaban J connectivity index is 1.59. The fraction of sp³-hybridized carbons (Fsp3) is 0.364. The Bertz CT molecular complexity index is 411. The van der Waals surface area contributed by atoms with Gasteiger partial charge in [0.15, 0.2) is 0 Å². The molecule has 0 aliphatic rings. The van der Waals surface area contributed by atoms with E-state index in [1.165, 1.54) is 4.88 Å². The molecule has 16 heavy (non-hydrogen) atoms.